The fourth-order valence-corrected chi connectivity index (χ4v) is 5.21. The number of rotatable bonds is 9. The zero-order valence-corrected chi connectivity index (χ0v) is 24.1. The van der Waals surface area contributed by atoms with Gasteiger partial charge in [-0.05, 0) is 74.2 Å². The molecule has 0 atom stereocenters. The highest BCUT2D eigenvalue weighted by Crippen LogP contribution is 2.33. The molecule has 4 rings (SSSR count). The molecule has 0 saturated heterocycles. The fourth-order valence-electron chi connectivity index (χ4n) is 4.18. The minimum atomic E-state index is -4.53. The number of carbonyl (C=O) groups is 1. The van der Waals surface area contributed by atoms with Crippen LogP contribution in [0.3, 0.4) is 0 Å². The number of halogens is 1. The van der Waals surface area contributed by atoms with Gasteiger partial charge in [0.2, 0.25) is 5.88 Å². The highest BCUT2D eigenvalue weighted by atomic mass is 32.2. The highest BCUT2D eigenvalue weighted by Gasteiger charge is 2.25. The van der Waals surface area contributed by atoms with E-state index in [0.29, 0.717) is 23.7 Å². The lowest BCUT2D eigenvalue weighted by Crippen LogP contribution is -2.34. The van der Waals surface area contributed by atoms with Crippen molar-refractivity contribution >= 4 is 15.9 Å². The van der Waals surface area contributed by atoms with Crippen LogP contribution in [0.1, 0.15) is 40.9 Å². The van der Waals surface area contributed by atoms with Crippen LogP contribution in [-0.4, -0.2) is 30.9 Å². The first-order valence-electron chi connectivity index (χ1n) is 12.8. The number of benzene rings is 2. The Morgan fingerprint density at radius 3 is 2.41 bits per heavy atom. The molecule has 0 spiro atoms. The minimum Gasteiger partial charge on any atom is -0.493 e. The minimum absolute atomic E-state index is 0.207. The second-order valence-electron chi connectivity index (χ2n) is 10.1. The van der Waals surface area contributed by atoms with Crippen LogP contribution >= 0.6 is 0 Å². The number of aryl methyl sites for hydroxylation is 3. The monoisotopic (exact) mass is 579 g/mol. The van der Waals surface area contributed by atoms with Gasteiger partial charge in [0.05, 0.1) is 12.3 Å². The molecular formula is C30H30FN3O6S. The van der Waals surface area contributed by atoms with Crippen LogP contribution in [0.15, 0.2) is 70.5 Å². The molecule has 1 amide bonds. The van der Waals surface area contributed by atoms with E-state index in [9.17, 15) is 22.4 Å². The Balaban J connectivity index is 1.79. The molecule has 4 aromatic rings. The molecule has 0 unspecified atom stereocenters. The summed E-state index contributed by atoms with van der Waals surface area (Å²) in [5, 5.41) is 0. The Bertz CT molecular complexity index is 1760. The van der Waals surface area contributed by atoms with Crippen molar-refractivity contribution in [1.82, 2.24) is 14.7 Å². The maximum atomic E-state index is 14.5. The molecule has 0 aliphatic rings. The summed E-state index contributed by atoms with van der Waals surface area (Å²) >= 11 is 0. The molecule has 2 N–H and O–H groups in total. The standard InChI is InChI=1S/C30H30FN3O6S/c1-17(2)16-39-23-14-21(13-22(31)15-23)25-9-8-24(28(35)34-41(37,38)26-7-6-10-32-29(26)36)30(33-25)40-27-19(4)11-18(3)12-20(27)5/h6-15,17H,16H2,1-5H3,(H,32,36)(H,34,35). The molecule has 0 fully saturated rings. The van der Waals surface area contributed by atoms with Crippen molar-refractivity contribution in [3.8, 4) is 28.6 Å². The van der Waals surface area contributed by atoms with Gasteiger partial charge in [0.25, 0.3) is 21.5 Å². The smallest absolute Gasteiger partial charge is 0.270 e. The highest BCUT2D eigenvalue weighted by molar-refractivity contribution is 7.90. The van der Waals surface area contributed by atoms with Crippen LogP contribution in [0.25, 0.3) is 11.3 Å². The van der Waals surface area contributed by atoms with Gasteiger partial charge < -0.3 is 14.5 Å². The number of aromatic nitrogens is 2. The Labute approximate surface area is 237 Å². The van der Waals surface area contributed by atoms with E-state index in [-0.39, 0.29) is 23.1 Å². The van der Waals surface area contributed by atoms with Crippen molar-refractivity contribution in [1.29, 1.82) is 0 Å². The van der Waals surface area contributed by atoms with Gasteiger partial charge in [-0.25, -0.2) is 22.5 Å². The molecule has 2 aromatic heterocycles. The molecule has 0 saturated carbocycles. The quantitative estimate of drug-likeness (QED) is 0.270. The molecular weight excluding hydrogens is 549 g/mol. The molecule has 0 aliphatic carbocycles. The summed E-state index contributed by atoms with van der Waals surface area (Å²) in [5.41, 5.74) is 2.05. The maximum Gasteiger partial charge on any atom is 0.270 e. The molecule has 9 nitrogen and oxygen atoms in total. The number of H-pyrrole nitrogens is 1. The predicted octanol–water partition coefficient (Wildman–Crippen LogP) is 5.45. The number of hydrogen-bond acceptors (Lipinski definition) is 7. The molecule has 2 aromatic carbocycles. The van der Waals surface area contributed by atoms with Gasteiger partial charge in [-0.1, -0.05) is 31.5 Å². The number of hydrogen-bond donors (Lipinski definition) is 2. The van der Waals surface area contributed by atoms with Crippen LogP contribution in [0.2, 0.25) is 0 Å². The van der Waals surface area contributed by atoms with Gasteiger partial charge in [-0.2, -0.15) is 0 Å². The molecule has 11 heteroatoms. The molecule has 0 bridgehead atoms. The average Bonchev–Trinajstić information content (AvgIpc) is 2.89. The number of sulfonamides is 1. The summed E-state index contributed by atoms with van der Waals surface area (Å²) in [5.74, 6) is -0.856. The zero-order chi connectivity index (χ0) is 29.9. The van der Waals surface area contributed by atoms with Gasteiger partial charge in [0.1, 0.15) is 22.9 Å². The second-order valence-corrected chi connectivity index (χ2v) is 11.7. The lowest BCUT2D eigenvalue weighted by molar-refractivity contribution is 0.0978. The number of nitrogens with one attached hydrogen (secondary N) is 2. The van der Waals surface area contributed by atoms with Gasteiger partial charge in [0, 0.05) is 17.8 Å². The van der Waals surface area contributed by atoms with Crippen molar-refractivity contribution < 1.29 is 27.1 Å². The summed E-state index contributed by atoms with van der Waals surface area (Å²) in [6.45, 7) is 9.91. The molecule has 2 heterocycles. The first-order valence-corrected chi connectivity index (χ1v) is 14.3. The average molecular weight is 580 g/mol. The van der Waals surface area contributed by atoms with E-state index in [1.807, 2.05) is 51.5 Å². The Morgan fingerprint density at radius 2 is 1.76 bits per heavy atom. The van der Waals surface area contributed by atoms with Crippen LogP contribution in [0.5, 0.6) is 17.4 Å². The summed E-state index contributed by atoms with van der Waals surface area (Å²) in [6.07, 6.45) is 1.27. The Morgan fingerprint density at radius 1 is 1.05 bits per heavy atom. The first kappa shape index (κ1) is 29.5. The van der Waals surface area contributed by atoms with Crippen molar-refractivity contribution in [2.75, 3.05) is 6.61 Å². The van der Waals surface area contributed by atoms with Crippen molar-refractivity contribution in [2.24, 2.45) is 5.92 Å². The van der Waals surface area contributed by atoms with E-state index in [4.69, 9.17) is 9.47 Å². The molecule has 41 heavy (non-hydrogen) atoms. The van der Waals surface area contributed by atoms with Gasteiger partial charge >= 0.3 is 0 Å². The number of ether oxygens (including phenoxy) is 2. The second kappa shape index (κ2) is 11.9. The molecule has 0 aliphatic heterocycles. The van der Waals surface area contributed by atoms with Crippen LogP contribution < -0.4 is 19.8 Å². The Kier molecular flexibility index (Phi) is 8.57. The summed E-state index contributed by atoms with van der Waals surface area (Å²) in [7, 11) is -4.53. The zero-order valence-electron chi connectivity index (χ0n) is 23.2. The third-order valence-corrected chi connectivity index (χ3v) is 7.31. The van der Waals surface area contributed by atoms with E-state index >= 15 is 0 Å². The number of aromatic amines is 1. The number of nitrogens with zero attached hydrogens (tertiary/aromatic N) is 1. The van der Waals surface area contributed by atoms with E-state index in [2.05, 4.69) is 9.97 Å². The van der Waals surface area contributed by atoms with Gasteiger partial charge in [-0.15, -0.1) is 0 Å². The van der Waals surface area contributed by atoms with E-state index in [0.717, 1.165) is 22.8 Å². The van der Waals surface area contributed by atoms with E-state index in [1.54, 1.807) is 6.07 Å². The van der Waals surface area contributed by atoms with Crippen molar-refractivity contribution in [3.05, 3.63) is 99.2 Å². The van der Waals surface area contributed by atoms with Crippen molar-refractivity contribution in [2.45, 2.75) is 39.5 Å². The lowest BCUT2D eigenvalue weighted by Gasteiger charge is -2.16. The molecule has 214 valence electrons. The van der Waals surface area contributed by atoms with Crippen molar-refractivity contribution in [3.63, 3.8) is 0 Å². The van der Waals surface area contributed by atoms with E-state index < -0.39 is 32.2 Å². The third kappa shape index (κ3) is 6.98. The Hall–Kier alpha value is -4.51. The normalized spacial score (nSPS) is 11.4. The summed E-state index contributed by atoms with van der Waals surface area (Å²) in [4.78, 5) is 31.5. The van der Waals surface area contributed by atoms with Crippen LogP contribution in [-0.2, 0) is 10.0 Å². The van der Waals surface area contributed by atoms with E-state index in [1.165, 1.54) is 36.5 Å². The van der Waals surface area contributed by atoms with Crippen LogP contribution in [0, 0.1) is 32.5 Å². The lowest BCUT2D eigenvalue weighted by atomic mass is 10.1. The predicted molar refractivity (Wildman–Crippen MR) is 152 cm³/mol. The summed E-state index contributed by atoms with van der Waals surface area (Å²) in [6, 6.07) is 13.1. The summed E-state index contributed by atoms with van der Waals surface area (Å²) < 4.78 is 54.0. The number of pyridine rings is 2. The van der Waals surface area contributed by atoms with Gasteiger partial charge in [-0.3, -0.25) is 9.59 Å². The SMILES string of the molecule is Cc1cc(C)c(Oc2nc(-c3cc(F)cc(OCC(C)C)c3)ccc2C(=O)NS(=O)(=O)c2ccc[nH]c2=O)c(C)c1. The number of amides is 1. The third-order valence-electron chi connectivity index (χ3n) is 5.96. The van der Waals surface area contributed by atoms with Gasteiger partial charge in [0.15, 0.2) is 4.90 Å². The van der Waals surface area contributed by atoms with Crippen LogP contribution in [0.4, 0.5) is 4.39 Å². The topological polar surface area (TPSA) is 127 Å². The maximum absolute atomic E-state index is 14.5. The fraction of sp³-hybridized carbons (Fsp3) is 0.233. The largest absolute Gasteiger partial charge is 0.493 e. The molecule has 0 radical (unpaired) electrons. The first-order chi connectivity index (χ1) is 19.3. The number of carbonyl (C=O) groups excluding carboxylic acids is 1.